The van der Waals surface area contributed by atoms with Crippen LogP contribution < -0.4 is 5.32 Å². The minimum absolute atomic E-state index is 0.110. The molecular formula is C12H23NO2S. The summed E-state index contributed by atoms with van der Waals surface area (Å²) in [7, 11) is 0. The van der Waals surface area contributed by atoms with Gasteiger partial charge in [0.1, 0.15) is 0 Å². The predicted molar refractivity (Wildman–Crippen MR) is 68.8 cm³/mol. The number of nitrogens with one attached hydrogen (secondary N) is 1. The highest BCUT2D eigenvalue weighted by atomic mass is 32.2. The quantitative estimate of drug-likeness (QED) is 0.551. The van der Waals surface area contributed by atoms with E-state index < -0.39 is 0 Å². The molecule has 1 N–H and O–H groups in total. The van der Waals surface area contributed by atoms with Crippen molar-refractivity contribution in [3.8, 4) is 0 Å². The van der Waals surface area contributed by atoms with E-state index >= 15 is 0 Å². The van der Waals surface area contributed by atoms with Crippen LogP contribution in [-0.4, -0.2) is 36.7 Å². The van der Waals surface area contributed by atoms with Gasteiger partial charge in [-0.2, -0.15) is 11.8 Å². The molecule has 0 bridgehead atoms. The normalized spacial score (nSPS) is 24.6. The summed E-state index contributed by atoms with van der Waals surface area (Å²) in [5, 5.41) is 4.06. The first-order valence-corrected chi connectivity index (χ1v) is 7.46. The summed E-state index contributed by atoms with van der Waals surface area (Å²) >= 11 is 1.93. The summed E-state index contributed by atoms with van der Waals surface area (Å²) in [6, 6.07) is 0.510. The van der Waals surface area contributed by atoms with Crippen molar-refractivity contribution in [2.45, 2.75) is 50.3 Å². The molecule has 0 radical (unpaired) electrons. The van der Waals surface area contributed by atoms with Gasteiger partial charge in [-0.15, -0.1) is 0 Å². The minimum atomic E-state index is -0.110. The topological polar surface area (TPSA) is 38.3 Å². The number of hydrogen-bond donors (Lipinski definition) is 1. The first-order chi connectivity index (χ1) is 7.76. The largest absolute Gasteiger partial charge is 0.465 e. The Morgan fingerprint density at radius 3 is 2.94 bits per heavy atom. The van der Waals surface area contributed by atoms with E-state index in [1.165, 1.54) is 19.3 Å². The van der Waals surface area contributed by atoms with Gasteiger partial charge in [-0.25, -0.2) is 0 Å². The molecule has 1 aliphatic rings. The maximum absolute atomic E-state index is 11.3. The van der Waals surface area contributed by atoms with Gasteiger partial charge in [0.15, 0.2) is 0 Å². The van der Waals surface area contributed by atoms with E-state index in [9.17, 15) is 4.79 Å². The monoisotopic (exact) mass is 245 g/mol. The predicted octanol–water partition coefficient (Wildman–Crippen LogP) is 2.20. The van der Waals surface area contributed by atoms with Crippen LogP contribution in [-0.2, 0) is 9.53 Å². The zero-order valence-corrected chi connectivity index (χ0v) is 11.1. The van der Waals surface area contributed by atoms with Crippen LogP contribution in [0.3, 0.4) is 0 Å². The molecule has 0 spiro atoms. The summed E-state index contributed by atoms with van der Waals surface area (Å²) in [5.41, 5.74) is 0. The maximum atomic E-state index is 11.3. The summed E-state index contributed by atoms with van der Waals surface area (Å²) < 4.78 is 5.09. The van der Waals surface area contributed by atoms with Gasteiger partial charge in [-0.1, -0.05) is 13.3 Å². The summed E-state index contributed by atoms with van der Waals surface area (Å²) in [4.78, 5) is 11.3. The number of carbonyl (C=O) groups is 1. The second-order valence-electron chi connectivity index (χ2n) is 4.32. The van der Waals surface area contributed by atoms with Gasteiger partial charge < -0.3 is 10.1 Å². The molecule has 0 aromatic rings. The van der Waals surface area contributed by atoms with Gasteiger partial charge in [-0.3, -0.25) is 4.79 Å². The molecule has 0 aromatic carbocycles. The Balaban J connectivity index is 2.04. The van der Waals surface area contributed by atoms with Crippen molar-refractivity contribution in [3.05, 3.63) is 0 Å². The third kappa shape index (κ3) is 5.21. The van der Waals surface area contributed by atoms with Crippen molar-refractivity contribution in [1.29, 1.82) is 0 Å². The van der Waals surface area contributed by atoms with E-state index in [-0.39, 0.29) is 5.97 Å². The Bertz CT molecular complexity index is 211. The Kier molecular flexibility index (Phi) is 6.88. The number of ether oxygens (including phenoxy) is 1. The van der Waals surface area contributed by atoms with Crippen LogP contribution in [0.15, 0.2) is 0 Å². The van der Waals surface area contributed by atoms with Crippen LogP contribution in [0.2, 0.25) is 0 Å². The van der Waals surface area contributed by atoms with E-state index in [1.54, 1.807) is 0 Å². The van der Waals surface area contributed by atoms with Crippen LogP contribution in [0.1, 0.15) is 39.0 Å². The van der Waals surface area contributed by atoms with Crippen molar-refractivity contribution in [2.75, 3.05) is 19.4 Å². The van der Waals surface area contributed by atoms with Crippen molar-refractivity contribution >= 4 is 17.7 Å². The zero-order chi connectivity index (χ0) is 11.8. The van der Waals surface area contributed by atoms with Gasteiger partial charge in [0, 0.05) is 11.3 Å². The zero-order valence-electron chi connectivity index (χ0n) is 10.3. The molecule has 1 rings (SSSR count). The number of esters is 1. The molecule has 4 heteroatoms. The molecule has 16 heavy (non-hydrogen) atoms. The van der Waals surface area contributed by atoms with E-state index in [1.807, 2.05) is 11.8 Å². The second kappa shape index (κ2) is 7.96. The fourth-order valence-corrected chi connectivity index (χ4v) is 2.75. The lowest BCUT2D eigenvalue weighted by Gasteiger charge is -2.12. The van der Waals surface area contributed by atoms with Crippen LogP contribution in [0.25, 0.3) is 0 Å². The number of unbranched alkanes of at least 4 members (excludes halogenated alkanes) is 1. The maximum Gasteiger partial charge on any atom is 0.319 e. The highest BCUT2D eigenvalue weighted by molar-refractivity contribution is 7.99. The lowest BCUT2D eigenvalue weighted by atomic mass is 10.2. The van der Waals surface area contributed by atoms with E-state index in [2.05, 4.69) is 18.5 Å². The Morgan fingerprint density at radius 2 is 2.31 bits per heavy atom. The van der Waals surface area contributed by atoms with Crippen molar-refractivity contribution in [2.24, 2.45) is 0 Å². The van der Waals surface area contributed by atoms with E-state index in [0.717, 1.165) is 18.1 Å². The number of thioether (sulfide) groups is 1. The van der Waals surface area contributed by atoms with Crippen LogP contribution in [0, 0.1) is 0 Å². The molecule has 2 atom stereocenters. The number of rotatable bonds is 7. The molecule has 2 unspecified atom stereocenters. The van der Waals surface area contributed by atoms with Crippen LogP contribution >= 0.6 is 11.8 Å². The molecular weight excluding hydrogens is 222 g/mol. The molecule has 0 heterocycles. The summed E-state index contributed by atoms with van der Waals surface area (Å²) in [5.74, 6) is -0.110. The number of hydrogen-bond acceptors (Lipinski definition) is 4. The van der Waals surface area contributed by atoms with Crippen LogP contribution in [0.5, 0.6) is 0 Å². The van der Waals surface area contributed by atoms with Gasteiger partial charge in [0.25, 0.3) is 0 Å². The third-order valence-electron chi connectivity index (χ3n) is 3.01. The standard InChI is InChI=1S/C12H23NO2S/c1-3-4-7-15-12(14)9-13-10-5-6-11(8-10)16-2/h10-11,13H,3-9H2,1-2H3. The molecule has 1 saturated carbocycles. The lowest BCUT2D eigenvalue weighted by Crippen LogP contribution is -2.33. The van der Waals surface area contributed by atoms with E-state index in [0.29, 0.717) is 19.2 Å². The van der Waals surface area contributed by atoms with Gasteiger partial charge in [0.2, 0.25) is 0 Å². The third-order valence-corrected chi connectivity index (χ3v) is 4.11. The minimum Gasteiger partial charge on any atom is -0.465 e. The van der Waals surface area contributed by atoms with Crippen molar-refractivity contribution < 1.29 is 9.53 Å². The smallest absolute Gasteiger partial charge is 0.319 e. The highest BCUT2D eigenvalue weighted by Gasteiger charge is 2.23. The summed E-state index contributed by atoms with van der Waals surface area (Å²) in [6.07, 6.45) is 7.83. The van der Waals surface area contributed by atoms with Gasteiger partial charge in [0.05, 0.1) is 13.2 Å². The molecule has 1 fully saturated rings. The summed E-state index contributed by atoms with van der Waals surface area (Å²) in [6.45, 7) is 3.03. The first kappa shape index (κ1) is 13.8. The molecule has 0 aliphatic heterocycles. The Labute approximate surface area is 103 Å². The highest BCUT2D eigenvalue weighted by Crippen LogP contribution is 2.27. The molecule has 1 aliphatic carbocycles. The average Bonchev–Trinajstić information content (AvgIpc) is 2.74. The van der Waals surface area contributed by atoms with Gasteiger partial charge >= 0.3 is 5.97 Å². The van der Waals surface area contributed by atoms with Crippen LogP contribution in [0.4, 0.5) is 0 Å². The molecule has 0 amide bonds. The first-order valence-electron chi connectivity index (χ1n) is 6.18. The molecule has 0 aromatic heterocycles. The van der Waals surface area contributed by atoms with Gasteiger partial charge in [-0.05, 0) is 31.9 Å². The fourth-order valence-electron chi connectivity index (χ4n) is 1.95. The van der Waals surface area contributed by atoms with Crippen molar-refractivity contribution in [1.82, 2.24) is 5.32 Å². The average molecular weight is 245 g/mol. The molecule has 3 nitrogen and oxygen atoms in total. The molecule has 94 valence electrons. The van der Waals surface area contributed by atoms with Crippen molar-refractivity contribution in [3.63, 3.8) is 0 Å². The Hall–Kier alpha value is -0.220. The number of carbonyl (C=O) groups excluding carboxylic acids is 1. The second-order valence-corrected chi connectivity index (χ2v) is 5.46. The van der Waals surface area contributed by atoms with E-state index in [4.69, 9.17) is 4.74 Å². The lowest BCUT2D eigenvalue weighted by molar-refractivity contribution is -0.142. The fraction of sp³-hybridized carbons (Fsp3) is 0.917. The SMILES string of the molecule is CCCCOC(=O)CNC1CCC(SC)C1. The molecule has 0 saturated heterocycles. The Morgan fingerprint density at radius 1 is 1.50 bits per heavy atom.